The largest absolute Gasteiger partial charge is 0.480 e. The minimum absolute atomic E-state index is 0.00146. The van der Waals surface area contributed by atoms with Crippen LogP contribution in [0.5, 0.6) is 5.75 Å². The molecule has 0 aromatic heterocycles. The molecule has 0 saturated heterocycles. The number of carbonyl (C=O) groups excluding carboxylic acids is 5. The van der Waals surface area contributed by atoms with Crippen LogP contribution in [-0.4, -0.2) is 82.8 Å². The van der Waals surface area contributed by atoms with Crippen molar-refractivity contribution in [3.8, 4) is 5.75 Å². The Morgan fingerprint density at radius 3 is 1.54 bits per heavy atom. The van der Waals surface area contributed by atoms with E-state index < -0.39 is 70.1 Å². The molecule has 0 saturated carbocycles. The number of rotatable bonds is 18. The third-order valence-corrected chi connectivity index (χ3v) is 10.8. The van der Waals surface area contributed by atoms with Crippen LogP contribution in [0, 0.1) is 0 Å². The second kappa shape index (κ2) is 22.6. The van der Waals surface area contributed by atoms with Crippen LogP contribution in [0.15, 0.2) is 115 Å². The lowest BCUT2D eigenvalue weighted by Gasteiger charge is -2.36. The molecular weight excluding hydrogens is 827 g/mol. The topological polar surface area (TPSA) is 224 Å². The summed E-state index contributed by atoms with van der Waals surface area (Å²) in [7, 11) is 0. The van der Waals surface area contributed by atoms with Crippen molar-refractivity contribution < 1.29 is 48.1 Å². The van der Waals surface area contributed by atoms with Crippen LogP contribution in [0.2, 0.25) is 0 Å². The lowest BCUT2D eigenvalue weighted by Crippen LogP contribution is -2.53. The van der Waals surface area contributed by atoms with E-state index in [9.17, 15) is 33.9 Å². The highest BCUT2D eigenvalue weighted by molar-refractivity contribution is 8.00. The molecule has 0 fully saturated rings. The number of thioether (sulfide) groups is 1. The Morgan fingerprint density at radius 1 is 0.635 bits per heavy atom. The third-order valence-electron chi connectivity index (χ3n) is 9.11. The van der Waals surface area contributed by atoms with Crippen LogP contribution in [0.3, 0.4) is 0 Å². The molecule has 336 valence electrons. The molecule has 15 nitrogen and oxygen atoms in total. The van der Waals surface area contributed by atoms with E-state index in [1.54, 1.807) is 53.7 Å². The second-order valence-electron chi connectivity index (χ2n) is 16.6. The number of hydrogen-bond donors (Lipinski definition) is 6. The molecule has 0 heterocycles. The third kappa shape index (κ3) is 15.8. The number of carboxylic acid groups (broad SMARTS) is 1. The van der Waals surface area contributed by atoms with Crippen molar-refractivity contribution in [1.29, 1.82) is 0 Å². The minimum Gasteiger partial charge on any atom is -0.480 e. The van der Waals surface area contributed by atoms with Gasteiger partial charge in [-0.25, -0.2) is 19.2 Å². The number of carbonyl (C=O) groups is 6. The standard InChI is InChI=1S/C47H57N5O10S/c1-45(2,3)61-43(58)50-37(23-16-28-49-42(57)60-35-26-24-31(25-27-35)29-38(41(55)56)51-44(59)62-46(4,5)6)40(54)52-39(53)36(48)30-63-47(32-17-10-7-11-18-32,33-19-12-8-13-20-33)34-21-14-9-15-22-34/h7-15,17-22,24-27,36-38H,16,23,28-30,48H2,1-6H3,(H,49,57)(H,50,58)(H,51,59)(H,55,56)(H,52,53,54)/t36-,37-,38-/m0/s1. The van der Waals surface area contributed by atoms with Crippen LogP contribution < -0.4 is 31.7 Å². The van der Waals surface area contributed by atoms with Crippen molar-refractivity contribution in [2.45, 2.75) is 94.9 Å². The quantitative estimate of drug-likeness (QED) is 0.0456. The lowest BCUT2D eigenvalue weighted by molar-refractivity contribution is -0.139. The summed E-state index contributed by atoms with van der Waals surface area (Å²) in [4.78, 5) is 76.5. The van der Waals surface area contributed by atoms with Gasteiger partial charge in [0.05, 0.1) is 10.8 Å². The summed E-state index contributed by atoms with van der Waals surface area (Å²) in [6, 6.07) is 32.1. The van der Waals surface area contributed by atoms with Gasteiger partial charge in [0.1, 0.15) is 29.0 Å². The highest BCUT2D eigenvalue weighted by Crippen LogP contribution is 2.48. The van der Waals surface area contributed by atoms with E-state index in [1.807, 2.05) is 91.0 Å². The Balaban J connectivity index is 1.36. The number of hydrogen-bond acceptors (Lipinski definition) is 11. The predicted octanol–water partition coefficient (Wildman–Crippen LogP) is 6.66. The maximum Gasteiger partial charge on any atom is 0.412 e. The van der Waals surface area contributed by atoms with Gasteiger partial charge in [-0.15, -0.1) is 11.8 Å². The average molecular weight is 884 g/mol. The summed E-state index contributed by atoms with van der Waals surface area (Å²) < 4.78 is 15.1. The molecule has 4 rings (SSSR count). The fourth-order valence-corrected chi connectivity index (χ4v) is 7.79. The summed E-state index contributed by atoms with van der Waals surface area (Å²) in [5.41, 5.74) is 8.28. The number of amides is 5. The first-order valence-corrected chi connectivity index (χ1v) is 21.4. The Kier molecular flexibility index (Phi) is 17.7. The monoisotopic (exact) mass is 883 g/mol. The van der Waals surface area contributed by atoms with Gasteiger partial charge in [-0.05, 0) is 88.8 Å². The zero-order valence-corrected chi connectivity index (χ0v) is 37.2. The van der Waals surface area contributed by atoms with Gasteiger partial charge in [0, 0.05) is 18.7 Å². The highest BCUT2D eigenvalue weighted by Gasteiger charge is 2.38. The van der Waals surface area contributed by atoms with Crippen LogP contribution >= 0.6 is 11.8 Å². The molecule has 4 aromatic rings. The van der Waals surface area contributed by atoms with Crippen molar-refractivity contribution in [3.63, 3.8) is 0 Å². The number of ether oxygens (including phenoxy) is 3. The number of alkyl carbamates (subject to hydrolysis) is 2. The maximum absolute atomic E-state index is 13.6. The zero-order valence-electron chi connectivity index (χ0n) is 36.3. The Hall–Kier alpha value is -6.39. The number of benzene rings is 4. The zero-order chi connectivity index (χ0) is 46.2. The Morgan fingerprint density at radius 2 is 1.10 bits per heavy atom. The minimum atomic E-state index is -1.26. The molecule has 0 bridgehead atoms. The molecule has 0 aliphatic carbocycles. The maximum atomic E-state index is 13.6. The molecule has 5 amide bonds. The molecule has 0 aliphatic heterocycles. The molecule has 3 atom stereocenters. The van der Waals surface area contributed by atoms with Gasteiger partial charge >= 0.3 is 24.2 Å². The summed E-state index contributed by atoms with van der Waals surface area (Å²) in [6.07, 6.45) is -2.43. The lowest BCUT2D eigenvalue weighted by atomic mass is 9.84. The number of nitrogens with one attached hydrogen (secondary N) is 4. The van der Waals surface area contributed by atoms with E-state index in [0.29, 0.717) is 5.56 Å². The normalized spacial score (nSPS) is 13.0. The number of imide groups is 1. The van der Waals surface area contributed by atoms with Gasteiger partial charge in [-0.1, -0.05) is 103 Å². The molecule has 4 aromatic carbocycles. The van der Waals surface area contributed by atoms with Crippen LogP contribution in [0.25, 0.3) is 0 Å². The van der Waals surface area contributed by atoms with Gasteiger partial charge in [0.15, 0.2) is 0 Å². The fraction of sp³-hybridized carbons (Fsp3) is 0.362. The summed E-state index contributed by atoms with van der Waals surface area (Å²) in [5, 5.41) is 19.4. The van der Waals surface area contributed by atoms with Crippen molar-refractivity contribution >= 4 is 47.8 Å². The SMILES string of the molecule is CC(C)(C)OC(=O)N[C@@H](Cc1ccc(OC(=O)NCCC[C@H](NC(=O)OC(C)(C)C)C(=O)NC(=O)[C@@H](N)CSC(c2ccccc2)(c2ccccc2)c2ccccc2)cc1)C(=O)O. The van der Waals surface area contributed by atoms with Gasteiger partial charge in [-0.2, -0.15) is 0 Å². The first-order valence-electron chi connectivity index (χ1n) is 20.4. The summed E-state index contributed by atoms with van der Waals surface area (Å²) in [6.45, 7) is 10.0. The molecular formula is C47H57N5O10S. The number of carboxylic acids is 1. The fourth-order valence-electron chi connectivity index (χ4n) is 6.30. The van der Waals surface area contributed by atoms with Gasteiger partial charge in [0.25, 0.3) is 0 Å². The second-order valence-corrected chi connectivity index (χ2v) is 17.8. The summed E-state index contributed by atoms with van der Waals surface area (Å²) >= 11 is 1.47. The van der Waals surface area contributed by atoms with E-state index in [4.69, 9.17) is 19.9 Å². The van der Waals surface area contributed by atoms with E-state index >= 15 is 0 Å². The summed E-state index contributed by atoms with van der Waals surface area (Å²) in [5.74, 6) is -2.52. The van der Waals surface area contributed by atoms with Crippen molar-refractivity contribution in [3.05, 3.63) is 138 Å². The predicted molar refractivity (Wildman–Crippen MR) is 240 cm³/mol. The Bertz CT molecular complexity index is 2050. The van der Waals surface area contributed by atoms with Crippen molar-refractivity contribution in [2.75, 3.05) is 12.3 Å². The molecule has 63 heavy (non-hydrogen) atoms. The molecule has 7 N–H and O–H groups in total. The van der Waals surface area contributed by atoms with E-state index in [-0.39, 0.29) is 37.3 Å². The first-order chi connectivity index (χ1) is 29.8. The van der Waals surface area contributed by atoms with Crippen molar-refractivity contribution in [1.82, 2.24) is 21.3 Å². The number of nitrogens with two attached hydrogens (primary N) is 1. The number of aliphatic carboxylic acids is 1. The van der Waals surface area contributed by atoms with Gasteiger partial charge in [0.2, 0.25) is 11.8 Å². The average Bonchev–Trinajstić information content (AvgIpc) is 3.22. The van der Waals surface area contributed by atoms with Gasteiger partial charge in [-0.3, -0.25) is 14.9 Å². The molecule has 0 unspecified atom stereocenters. The molecule has 0 spiro atoms. The molecule has 0 radical (unpaired) electrons. The first kappa shape index (κ1) is 49.3. The van der Waals surface area contributed by atoms with Crippen LogP contribution in [0.4, 0.5) is 14.4 Å². The molecule has 16 heteroatoms. The van der Waals surface area contributed by atoms with E-state index in [1.165, 1.54) is 23.9 Å². The van der Waals surface area contributed by atoms with E-state index in [2.05, 4.69) is 21.3 Å². The highest BCUT2D eigenvalue weighted by atomic mass is 32.2. The Labute approximate surface area is 372 Å². The van der Waals surface area contributed by atoms with Crippen LogP contribution in [-0.2, 0) is 35.0 Å². The van der Waals surface area contributed by atoms with E-state index in [0.717, 1.165) is 16.7 Å². The smallest absolute Gasteiger partial charge is 0.412 e. The van der Waals surface area contributed by atoms with Gasteiger partial charge < -0.3 is 41.0 Å². The molecule has 0 aliphatic rings. The van der Waals surface area contributed by atoms with Crippen molar-refractivity contribution in [2.24, 2.45) is 5.73 Å². The van der Waals surface area contributed by atoms with Crippen LogP contribution in [0.1, 0.15) is 76.6 Å².